The lowest BCUT2D eigenvalue weighted by atomic mass is 10.2. The molecule has 1 rings (SSSR count). The highest BCUT2D eigenvalue weighted by atomic mass is 32.2. The highest BCUT2D eigenvalue weighted by Crippen LogP contribution is 2.11. The molecule has 0 aliphatic carbocycles. The van der Waals surface area contributed by atoms with Gasteiger partial charge >= 0.3 is 6.43 Å². The Balaban J connectivity index is 2.46. The summed E-state index contributed by atoms with van der Waals surface area (Å²) in [7, 11) is -3.13. The molecule has 1 saturated heterocycles. The van der Waals surface area contributed by atoms with Crippen molar-refractivity contribution >= 4 is 15.7 Å². The summed E-state index contributed by atoms with van der Waals surface area (Å²) in [4.78, 5) is 10.5. The number of halogens is 2. The van der Waals surface area contributed by atoms with Gasteiger partial charge in [-0.15, -0.1) is 0 Å². The topological polar surface area (TPSA) is 63.2 Å². The molecular formula is C6H9F2NO3S. The fraction of sp³-hybridized carbons (Fsp3) is 0.833. The van der Waals surface area contributed by atoms with Crippen LogP contribution in [0.4, 0.5) is 8.78 Å². The summed E-state index contributed by atoms with van der Waals surface area (Å²) < 4.78 is 45.1. The summed E-state index contributed by atoms with van der Waals surface area (Å²) >= 11 is 0. The van der Waals surface area contributed by atoms with Crippen LogP contribution in [0.5, 0.6) is 0 Å². The average Bonchev–Trinajstić information content (AvgIpc) is 2.30. The number of hydrogen-bond acceptors (Lipinski definition) is 3. The van der Waals surface area contributed by atoms with Gasteiger partial charge < -0.3 is 5.32 Å². The summed E-state index contributed by atoms with van der Waals surface area (Å²) in [5, 5.41) is 1.97. The maximum absolute atomic E-state index is 11.7. The number of sulfone groups is 1. The molecule has 0 radical (unpaired) electrons. The second-order valence-electron chi connectivity index (χ2n) is 2.91. The lowest BCUT2D eigenvalue weighted by Crippen LogP contribution is -2.39. The molecule has 7 heteroatoms. The largest absolute Gasteiger partial charge is 0.347 e. The van der Waals surface area contributed by atoms with E-state index in [2.05, 4.69) is 0 Å². The minimum Gasteiger partial charge on any atom is -0.347 e. The zero-order chi connectivity index (χ0) is 10.1. The zero-order valence-electron chi connectivity index (χ0n) is 6.66. The fourth-order valence-electron chi connectivity index (χ4n) is 1.17. The molecule has 1 aliphatic heterocycles. The van der Waals surface area contributed by atoms with Crippen LogP contribution in [-0.4, -0.2) is 38.3 Å². The smallest absolute Gasteiger partial charge is 0.315 e. The van der Waals surface area contributed by atoms with Gasteiger partial charge in [0.15, 0.2) is 9.84 Å². The van der Waals surface area contributed by atoms with Crippen molar-refractivity contribution in [2.75, 3.05) is 11.5 Å². The van der Waals surface area contributed by atoms with Crippen molar-refractivity contribution in [3.8, 4) is 0 Å². The molecule has 1 N–H and O–H groups in total. The molecular weight excluding hydrogens is 204 g/mol. The van der Waals surface area contributed by atoms with Crippen LogP contribution in [0.2, 0.25) is 0 Å². The molecule has 0 aromatic rings. The molecule has 1 atom stereocenters. The molecule has 1 heterocycles. The second kappa shape index (κ2) is 3.57. The highest BCUT2D eigenvalue weighted by Gasteiger charge is 2.30. The number of nitrogens with one attached hydrogen (secondary N) is 1. The van der Waals surface area contributed by atoms with Crippen LogP contribution < -0.4 is 5.32 Å². The number of hydrogen-bond donors (Lipinski definition) is 1. The van der Waals surface area contributed by atoms with Gasteiger partial charge in [-0.3, -0.25) is 4.79 Å². The normalized spacial score (nSPS) is 26.2. The minimum absolute atomic E-state index is 0.0405. The van der Waals surface area contributed by atoms with Gasteiger partial charge in [0, 0.05) is 6.04 Å². The number of alkyl halides is 2. The number of carbonyl (C=O) groups excluding carboxylic acids is 1. The molecule has 0 bridgehead atoms. The molecule has 1 aliphatic rings. The van der Waals surface area contributed by atoms with Gasteiger partial charge in [0.2, 0.25) is 0 Å². The van der Waals surface area contributed by atoms with Crippen LogP contribution in [0, 0.1) is 0 Å². The van der Waals surface area contributed by atoms with E-state index < -0.39 is 28.2 Å². The van der Waals surface area contributed by atoms with Gasteiger partial charge in [-0.1, -0.05) is 0 Å². The zero-order valence-corrected chi connectivity index (χ0v) is 7.48. The quantitative estimate of drug-likeness (QED) is 0.676. The highest BCUT2D eigenvalue weighted by molar-refractivity contribution is 7.91. The average molecular weight is 213 g/mol. The Kier molecular flexibility index (Phi) is 2.84. The predicted molar refractivity (Wildman–Crippen MR) is 41.2 cm³/mol. The number of rotatable bonds is 2. The van der Waals surface area contributed by atoms with E-state index in [-0.39, 0.29) is 17.9 Å². The predicted octanol–water partition coefficient (Wildman–Crippen LogP) is -0.445. The van der Waals surface area contributed by atoms with Gasteiger partial charge in [-0.05, 0) is 6.42 Å². The van der Waals surface area contributed by atoms with Crippen LogP contribution in [0.15, 0.2) is 0 Å². The summed E-state index contributed by atoms with van der Waals surface area (Å²) in [5.74, 6) is -1.67. The first-order valence-electron chi connectivity index (χ1n) is 3.70. The monoisotopic (exact) mass is 213 g/mol. The van der Waals surface area contributed by atoms with Gasteiger partial charge in [0.05, 0.1) is 11.5 Å². The third-order valence-electron chi connectivity index (χ3n) is 1.78. The summed E-state index contributed by atoms with van der Waals surface area (Å²) in [6.07, 6.45) is -2.86. The van der Waals surface area contributed by atoms with E-state index >= 15 is 0 Å². The van der Waals surface area contributed by atoms with Gasteiger partial charge in [0.25, 0.3) is 5.91 Å². The molecule has 0 spiro atoms. The molecule has 0 aromatic heterocycles. The van der Waals surface area contributed by atoms with E-state index in [9.17, 15) is 22.0 Å². The Morgan fingerprint density at radius 2 is 2.08 bits per heavy atom. The Morgan fingerprint density at radius 1 is 1.46 bits per heavy atom. The Bertz CT molecular complexity index is 301. The SMILES string of the molecule is O=C(NC1CCS(=O)(=O)C1)C(F)F. The van der Waals surface area contributed by atoms with Crippen LogP contribution >= 0.6 is 0 Å². The van der Waals surface area contributed by atoms with E-state index in [0.717, 1.165) is 0 Å². The maximum atomic E-state index is 11.7. The van der Waals surface area contributed by atoms with Crippen molar-refractivity contribution in [2.45, 2.75) is 18.9 Å². The van der Waals surface area contributed by atoms with E-state index in [4.69, 9.17) is 0 Å². The van der Waals surface area contributed by atoms with Crippen molar-refractivity contribution in [2.24, 2.45) is 0 Å². The lowest BCUT2D eigenvalue weighted by molar-refractivity contribution is -0.132. The minimum atomic E-state index is -3.13. The third-order valence-corrected chi connectivity index (χ3v) is 3.54. The molecule has 76 valence electrons. The van der Waals surface area contributed by atoms with Crippen LogP contribution in [0.1, 0.15) is 6.42 Å². The van der Waals surface area contributed by atoms with E-state index in [1.807, 2.05) is 5.32 Å². The van der Waals surface area contributed by atoms with E-state index in [1.54, 1.807) is 0 Å². The lowest BCUT2D eigenvalue weighted by Gasteiger charge is -2.09. The summed E-state index contributed by atoms with van der Waals surface area (Å²) in [6.45, 7) is 0. The molecule has 0 aromatic carbocycles. The Labute approximate surface area is 74.2 Å². The first-order valence-corrected chi connectivity index (χ1v) is 5.52. The molecule has 1 amide bonds. The second-order valence-corrected chi connectivity index (χ2v) is 5.14. The van der Waals surface area contributed by atoms with Gasteiger partial charge in [0.1, 0.15) is 0 Å². The summed E-state index contributed by atoms with van der Waals surface area (Å²) in [5.41, 5.74) is 0. The number of carbonyl (C=O) groups is 1. The van der Waals surface area contributed by atoms with Gasteiger partial charge in [-0.2, -0.15) is 8.78 Å². The molecule has 1 fully saturated rings. The number of amides is 1. The first kappa shape index (κ1) is 10.4. The fourth-order valence-corrected chi connectivity index (χ4v) is 2.85. The van der Waals surface area contributed by atoms with Crippen LogP contribution in [0.25, 0.3) is 0 Å². The van der Waals surface area contributed by atoms with Crippen molar-refractivity contribution in [3.05, 3.63) is 0 Å². The van der Waals surface area contributed by atoms with Crippen molar-refractivity contribution < 1.29 is 22.0 Å². The third kappa shape index (κ3) is 2.91. The standard InChI is InChI=1S/C6H9F2NO3S/c7-5(8)6(10)9-4-1-2-13(11,12)3-4/h4-5H,1-3H2,(H,9,10). The van der Waals surface area contributed by atoms with Crippen molar-refractivity contribution in [1.82, 2.24) is 5.32 Å². The van der Waals surface area contributed by atoms with Crippen molar-refractivity contribution in [1.29, 1.82) is 0 Å². The molecule has 13 heavy (non-hydrogen) atoms. The Morgan fingerprint density at radius 3 is 2.46 bits per heavy atom. The van der Waals surface area contributed by atoms with Gasteiger partial charge in [-0.25, -0.2) is 8.42 Å². The van der Waals surface area contributed by atoms with Crippen LogP contribution in [-0.2, 0) is 14.6 Å². The van der Waals surface area contributed by atoms with Crippen molar-refractivity contribution in [3.63, 3.8) is 0 Å². The molecule has 0 saturated carbocycles. The van der Waals surface area contributed by atoms with E-state index in [0.29, 0.717) is 0 Å². The maximum Gasteiger partial charge on any atom is 0.315 e. The molecule has 1 unspecified atom stereocenters. The first-order chi connectivity index (χ1) is 5.91. The van der Waals surface area contributed by atoms with Crippen LogP contribution in [0.3, 0.4) is 0 Å². The Hall–Kier alpha value is -0.720. The van der Waals surface area contributed by atoms with E-state index in [1.165, 1.54) is 0 Å². The molecule has 4 nitrogen and oxygen atoms in total. The summed E-state index contributed by atoms with van der Waals surface area (Å²) in [6, 6.07) is -0.647.